The van der Waals surface area contributed by atoms with Gasteiger partial charge in [0.2, 0.25) is 5.56 Å². The number of aromatic amines is 1. The summed E-state index contributed by atoms with van der Waals surface area (Å²) in [6, 6.07) is 1.62. The molecular weight excluding hydrogens is 342 g/mol. The zero-order valence-corrected chi connectivity index (χ0v) is 16.4. The topological polar surface area (TPSA) is 68.4 Å². The zero-order valence-electron chi connectivity index (χ0n) is 16.4. The Bertz CT molecular complexity index is 1040. The molecule has 0 spiro atoms. The lowest BCUT2D eigenvalue weighted by Gasteiger charge is -2.35. The maximum absolute atomic E-state index is 13.2. The number of hydrogen-bond donors (Lipinski definition) is 1. The molecule has 0 radical (unpaired) electrons. The number of carbonyl (C=O) groups is 1. The summed E-state index contributed by atoms with van der Waals surface area (Å²) in [5.74, 6) is 0.927. The van der Waals surface area contributed by atoms with E-state index in [2.05, 4.69) is 11.9 Å². The average molecular weight is 367 g/mol. The number of benzene rings is 1. The van der Waals surface area contributed by atoms with Gasteiger partial charge in [-0.3, -0.25) is 9.59 Å². The van der Waals surface area contributed by atoms with Crippen LogP contribution >= 0.6 is 0 Å². The molecule has 2 aliphatic heterocycles. The highest BCUT2D eigenvalue weighted by Crippen LogP contribution is 2.48. The van der Waals surface area contributed by atoms with Crippen LogP contribution in [0.2, 0.25) is 0 Å². The van der Waals surface area contributed by atoms with Crippen LogP contribution in [0.4, 0.5) is 0 Å². The van der Waals surface area contributed by atoms with Crippen molar-refractivity contribution in [3.05, 3.63) is 39.2 Å². The average Bonchev–Trinajstić information content (AvgIpc) is 2.58. The standard InChI is InChI=1S/C22H25NO4/c1-6-7-13-10-15(24)23-18-16(13)21-14(8-9-22(4,5)27-21)20-17(18)19(25)11(2)12(3)26-20/h8-12H,6-7H2,1-5H3,(H,23,24)/t11-,12-/m0/s1. The lowest BCUT2D eigenvalue weighted by atomic mass is 9.85. The molecule has 142 valence electrons. The quantitative estimate of drug-likeness (QED) is 0.861. The van der Waals surface area contributed by atoms with Gasteiger partial charge in [0.05, 0.1) is 22.6 Å². The summed E-state index contributed by atoms with van der Waals surface area (Å²) >= 11 is 0. The predicted molar refractivity (Wildman–Crippen MR) is 106 cm³/mol. The first-order valence-electron chi connectivity index (χ1n) is 9.58. The smallest absolute Gasteiger partial charge is 0.248 e. The third-order valence-corrected chi connectivity index (χ3v) is 5.52. The number of Topliss-reactive ketones (excluding diaryl/α,β-unsaturated/α-hetero) is 1. The predicted octanol–water partition coefficient (Wildman–Crippen LogP) is 4.26. The third kappa shape index (κ3) is 2.68. The second kappa shape index (κ2) is 5.98. The van der Waals surface area contributed by atoms with Crippen LogP contribution in [0.5, 0.6) is 11.5 Å². The maximum atomic E-state index is 13.2. The Morgan fingerprint density at radius 3 is 2.63 bits per heavy atom. The molecule has 1 N–H and O–H groups in total. The molecule has 0 fully saturated rings. The van der Waals surface area contributed by atoms with Crippen LogP contribution in [0.1, 0.15) is 62.5 Å². The van der Waals surface area contributed by atoms with Gasteiger partial charge < -0.3 is 14.5 Å². The number of pyridine rings is 1. The Morgan fingerprint density at radius 1 is 1.19 bits per heavy atom. The molecule has 0 unspecified atom stereocenters. The molecule has 5 nitrogen and oxygen atoms in total. The largest absolute Gasteiger partial charge is 0.488 e. The first-order chi connectivity index (χ1) is 12.7. The molecule has 5 heteroatoms. The Balaban J connectivity index is 2.18. The van der Waals surface area contributed by atoms with Gasteiger partial charge in [0, 0.05) is 11.5 Å². The van der Waals surface area contributed by atoms with Crippen molar-refractivity contribution in [2.75, 3.05) is 0 Å². The summed E-state index contributed by atoms with van der Waals surface area (Å²) in [5, 5.41) is 0.821. The molecule has 0 bridgehead atoms. The second-order valence-corrected chi connectivity index (χ2v) is 8.12. The summed E-state index contributed by atoms with van der Waals surface area (Å²) in [5.41, 5.74) is 2.00. The van der Waals surface area contributed by atoms with E-state index < -0.39 is 5.60 Å². The SMILES string of the molecule is CCCc1cc(=O)[nH]c2c3c(c4c(c12)OC(C)(C)C=C4)O[C@@H](C)[C@H](C)C3=O. The van der Waals surface area contributed by atoms with Gasteiger partial charge in [-0.25, -0.2) is 0 Å². The van der Waals surface area contributed by atoms with Crippen molar-refractivity contribution in [3.8, 4) is 11.5 Å². The number of ketones is 1. The first kappa shape index (κ1) is 17.8. The van der Waals surface area contributed by atoms with Crippen molar-refractivity contribution < 1.29 is 14.3 Å². The summed E-state index contributed by atoms with van der Waals surface area (Å²) < 4.78 is 12.5. The molecule has 1 aromatic carbocycles. The van der Waals surface area contributed by atoms with Crippen LogP contribution in [0, 0.1) is 5.92 Å². The minimum Gasteiger partial charge on any atom is -0.488 e. The van der Waals surface area contributed by atoms with Crippen LogP contribution in [-0.2, 0) is 6.42 Å². The Morgan fingerprint density at radius 2 is 1.93 bits per heavy atom. The minimum absolute atomic E-state index is 0.000850. The number of nitrogens with one attached hydrogen (secondary N) is 1. The van der Waals surface area contributed by atoms with Crippen molar-refractivity contribution in [3.63, 3.8) is 0 Å². The van der Waals surface area contributed by atoms with Gasteiger partial charge in [-0.05, 0) is 44.9 Å². The highest BCUT2D eigenvalue weighted by molar-refractivity contribution is 6.14. The van der Waals surface area contributed by atoms with Crippen molar-refractivity contribution >= 4 is 22.8 Å². The fraction of sp³-hybridized carbons (Fsp3) is 0.455. The number of aromatic nitrogens is 1. The molecule has 2 aliphatic rings. The van der Waals surface area contributed by atoms with E-state index in [1.165, 1.54) is 0 Å². The van der Waals surface area contributed by atoms with Crippen molar-refractivity contribution in [1.82, 2.24) is 4.98 Å². The Hall–Kier alpha value is -2.56. The second-order valence-electron chi connectivity index (χ2n) is 8.12. The van der Waals surface area contributed by atoms with E-state index in [0.29, 0.717) is 22.6 Å². The van der Waals surface area contributed by atoms with Crippen LogP contribution in [0.15, 0.2) is 16.9 Å². The molecule has 3 heterocycles. The van der Waals surface area contributed by atoms with E-state index >= 15 is 0 Å². The molecule has 0 aliphatic carbocycles. The highest BCUT2D eigenvalue weighted by atomic mass is 16.5. The van der Waals surface area contributed by atoms with Gasteiger partial charge in [-0.2, -0.15) is 0 Å². The monoisotopic (exact) mass is 367 g/mol. The number of aryl methyl sites for hydroxylation is 1. The van der Waals surface area contributed by atoms with E-state index in [0.717, 1.165) is 29.4 Å². The van der Waals surface area contributed by atoms with Crippen molar-refractivity contribution in [2.45, 2.75) is 59.2 Å². The van der Waals surface area contributed by atoms with Crippen LogP contribution in [0.25, 0.3) is 17.0 Å². The van der Waals surface area contributed by atoms with Gasteiger partial charge in [-0.1, -0.05) is 20.3 Å². The molecule has 27 heavy (non-hydrogen) atoms. The summed E-state index contributed by atoms with van der Waals surface area (Å²) in [4.78, 5) is 28.4. The molecule has 2 aromatic rings. The maximum Gasteiger partial charge on any atom is 0.248 e. The Kier molecular flexibility index (Phi) is 3.95. The van der Waals surface area contributed by atoms with Gasteiger partial charge in [0.25, 0.3) is 0 Å². The molecule has 1 aromatic heterocycles. The number of H-pyrrole nitrogens is 1. The third-order valence-electron chi connectivity index (χ3n) is 5.52. The van der Waals surface area contributed by atoms with E-state index in [1.54, 1.807) is 6.07 Å². The van der Waals surface area contributed by atoms with E-state index in [1.807, 2.05) is 39.8 Å². The number of carbonyl (C=O) groups excluding carboxylic acids is 1. The van der Waals surface area contributed by atoms with E-state index in [9.17, 15) is 9.59 Å². The molecular formula is C22H25NO4. The van der Waals surface area contributed by atoms with Gasteiger partial charge in [0.1, 0.15) is 23.2 Å². The van der Waals surface area contributed by atoms with E-state index in [-0.39, 0.29) is 23.4 Å². The van der Waals surface area contributed by atoms with Gasteiger partial charge >= 0.3 is 0 Å². The first-order valence-corrected chi connectivity index (χ1v) is 9.58. The van der Waals surface area contributed by atoms with Crippen molar-refractivity contribution in [1.29, 1.82) is 0 Å². The zero-order chi connectivity index (χ0) is 19.5. The minimum atomic E-state index is -0.481. The van der Waals surface area contributed by atoms with Gasteiger partial charge in [-0.15, -0.1) is 0 Å². The van der Waals surface area contributed by atoms with Crippen molar-refractivity contribution in [2.24, 2.45) is 5.92 Å². The fourth-order valence-corrected chi connectivity index (χ4v) is 3.94. The molecule has 4 rings (SSSR count). The number of hydrogen-bond acceptors (Lipinski definition) is 4. The van der Waals surface area contributed by atoms with Crippen LogP contribution < -0.4 is 15.0 Å². The normalized spacial score (nSPS) is 22.8. The summed E-state index contributed by atoms with van der Waals surface area (Å²) in [7, 11) is 0. The molecule has 0 saturated carbocycles. The Labute approximate surface area is 158 Å². The fourth-order valence-electron chi connectivity index (χ4n) is 3.94. The number of rotatable bonds is 2. The summed E-state index contributed by atoms with van der Waals surface area (Å²) in [6.45, 7) is 9.81. The molecule has 0 saturated heterocycles. The lowest BCUT2D eigenvalue weighted by Crippen LogP contribution is -2.35. The van der Waals surface area contributed by atoms with Crippen LogP contribution in [0.3, 0.4) is 0 Å². The highest BCUT2D eigenvalue weighted by Gasteiger charge is 2.38. The molecule has 0 amide bonds. The summed E-state index contributed by atoms with van der Waals surface area (Å²) in [6.07, 6.45) is 5.35. The number of fused-ring (bicyclic) bond motifs is 6. The van der Waals surface area contributed by atoms with Crippen LogP contribution in [-0.4, -0.2) is 22.5 Å². The van der Waals surface area contributed by atoms with E-state index in [4.69, 9.17) is 9.47 Å². The lowest BCUT2D eigenvalue weighted by molar-refractivity contribution is 0.0730. The number of ether oxygens (including phenoxy) is 2. The van der Waals surface area contributed by atoms with Gasteiger partial charge in [0.15, 0.2) is 5.78 Å². The molecule has 2 atom stereocenters.